The topological polar surface area (TPSA) is 91.9 Å². The van der Waals surface area contributed by atoms with Gasteiger partial charge in [-0.25, -0.2) is 0 Å². The molecule has 1 amide bonds. The highest BCUT2D eigenvalue weighted by Gasteiger charge is 2.33. The van der Waals surface area contributed by atoms with Gasteiger partial charge in [0, 0.05) is 77.1 Å². The molecule has 5 heterocycles. The molecule has 1 atom stereocenters. The van der Waals surface area contributed by atoms with Gasteiger partial charge < -0.3 is 29.3 Å². The Kier molecular flexibility index (Phi) is 10.1. The summed E-state index contributed by atoms with van der Waals surface area (Å²) in [5.41, 5.74) is 5.95. The van der Waals surface area contributed by atoms with Crippen LogP contribution in [0, 0.1) is 0 Å². The molecule has 4 aliphatic heterocycles. The summed E-state index contributed by atoms with van der Waals surface area (Å²) in [5, 5.41) is 6.87. The molecule has 1 N–H and O–H groups in total. The number of hydrogen-bond donors (Lipinski definition) is 1. The lowest BCUT2D eigenvalue weighted by molar-refractivity contribution is -0.128. The highest BCUT2D eigenvalue weighted by atomic mass is 16.7. The number of nitrogens with one attached hydrogen (secondary N) is 1. The van der Waals surface area contributed by atoms with Gasteiger partial charge in [-0.05, 0) is 53.8 Å². The molecule has 236 valence electrons. The summed E-state index contributed by atoms with van der Waals surface area (Å²) in [7, 11) is 1.63. The first-order valence-corrected chi connectivity index (χ1v) is 15.7. The Bertz CT molecular complexity index is 1380. The molecule has 1 aromatic heterocycles. The van der Waals surface area contributed by atoms with Crippen molar-refractivity contribution in [1.29, 1.82) is 0 Å². The van der Waals surface area contributed by atoms with Crippen molar-refractivity contribution >= 4 is 16.8 Å². The van der Waals surface area contributed by atoms with Gasteiger partial charge in [0.15, 0.2) is 6.79 Å². The van der Waals surface area contributed by atoms with Gasteiger partial charge in [-0.3, -0.25) is 24.6 Å². The third-order valence-electron chi connectivity index (χ3n) is 8.84. The number of morpholine rings is 1. The molecule has 0 bridgehead atoms. The van der Waals surface area contributed by atoms with Crippen LogP contribution in [0.3, 0.4) is 0 Å². The van der Waals surface area contributed by atoms with Gasteiger partial charge in [0.2, 0.25) is 5.91 Å². The van der Waals surface area contributed by atoms with Gasteiger partial charge in [0.1, 0.15) is 5.75 Å². The molecule has 0 spiro atoms. The van der Waals surface area contributed by atoms with E-state index in [0.717, 1.165) is 87.5 Å². The van der Waals surface area contributed by atoms with Crippen LogP contribution in [-0.4, -0.2) is 123 Å². The Morgan fingerprint density at radius 1 is 1.18 bits per heavy atom. The molecule has 2 aromatic rings. The predicted octanol–water partition coefficient (Wildman–Crippen LogP) is 2.69. The summed E-state index contributed by atoms with van der Waals surface area (Å²) in [4.78, 5) is 30.1. The highest BCUT2D eigenvalue weighted by molar-refractivity contribution is 5.87. The zero-order valence-electron chi connectivity index (χ0n) is 25.7. The number of methoxy groups -OCH3 is 1. The Labute approximate surface area is 259 Å². The van der Waals surface area contributed by atoms with E-state index in [1.807, 2.05) is 28.3 Å². The molecule has 2 fully saturated rings. The van der Waals surface area contributed by atoms with Gasteiger partial charge in [0.25, 0.3) is 0 Å². The van der Waals surface area contributed by atoms with Gasteiger partial charge in [0.05, 0.1) is 43.8 Å². The lowest BCUT2D eigenvalue weighted by atomic mass is 9.87. The van der Waals surface area contributed by atoms with Crippen LogP contribution < -0.4 is 10.1 Å². The number of fused-ring (bicyclic) bond motifs is 1. The number of hydrogen-bond acceptors (Lipinski definition) is 10. The van der Waals surface area contributed by atoms with Crippen molar-refractivity contribution in [2.24, 2.45) is 0 Å². The second-order valence-electron chi connectivity index (χ2n) is 11.6. The van der Waals surface area contributed by atoms with Crippen LogP contribution in [0.15, 0.2) is 66.2 Å². The van der Waals surface area contributed by atoms with Crippen molar-refractivity contribution in [2.45, 2.75) is 18.9 Å². The Balaban J connectivity index is 1.21. The van der Waals surface area contributed by atoms with Crippen LogP contribution in [0.5, 0.6) is 5.75 Å². The number of benzene rings is 1. The molecule has 2 saturated heterocycles. The van der Waals surface area contributed by atoms with Crippen LogP contribution in [0.2, 0.25) is 0 Å². The maximum absolute atomic E-state index is 12.2. The van der Waals surface area contributed by atoms with E-state index in [9.17, 15) is 4.79 Å². The van der Waals surface area contributed by atoms with E-state index in [1.165, 1.54) is 22.9 Å². The number of carbonyl (C=O) groups excluding carboxylic acids is 1. The lowest BCUT2D eigenvalue weighted by Gasteiger charge is -2.43. The average Bonchev–Trinajstić information content (AvgIpc) is 3.08. The van der Waals surface area contributed by atoms with E-state index in [-0.39, 0.29) is 18.7 Å². The number of ether oxygens (including phenoxy) is 3. The van der Waals surface area contributed by atoms with Crippen LogP contribution in [-0.2, 0) is 19.1 Å². The van der Waals surface area contributed by atoms with E-state index >= 15 is 0 Å². The molecule has 11 heteroatoms. The number of amides is 1. The summed E-state index contributed by atoms with van der Waals surface area (Å²) in [5.74, 6) is 0.762. The number of pyridine rings is 1. The van der Waals surface area contributed by atoms with Crippen molar-refractivity contribution < 1.29 is 23.8 Å². The standard InChI is InChI=1S/C33H44N6O5/c1-3-32(40)38-11-9-37(10-12-38)31-23-39(44-15-5-8-36-13-16-42-17-14-36)22-26-19-30(35-21-29(26)31)28-20-27(43-24-41-2)18-25-6-4-7-34-33(25)28/h3-4,6-7,18,20,23,30,35H,1,5,8-17,19,21-22,24H2,2H3. The molecule has 4 aliphatic rings. The second kappa shape index (κ2) is 14.5. The normalized spacial score (nSPS) is 21.3. The first-order valence-electron chi connectivity index (χ1n) is 15.7. The van der Waals surface area contributed by atoms with E-state index < -0.39 is 0 Å². The monoisotopic (exact) mass is 604 g/mol. The molecule has 0 aliphatic carbocycles. The summed E-state index contributed by atoms with van der Waals surface area (Å²) >= 11 is 0. The van der Waals surface area contributed by atoms with Gasteiger partial charge in [-0.2, -0.15) is 0 Å². The Morgan fingerprint density at radius 2 is 2.02 bits per heavy atom. The molecule has 1 unspecified atom stereocenters. The second-order valence-corrected chi connectivity index (χ2v) is 11.6. The third kappa shape index (κ3) is 7.08. The highest BCUT2D eigenvalue weighted by Crippen LogP contribution is 2.38. The molecule has 0 radical (unpaired) electrons. The number of hydroxylamine groups is 2. The van der Waals surface area contributed by atoms with Crippen LogP contribution >= 0.6 is 0 Å². The number of rotatable bonds is 11. The fraction of sp³-hybridized carbons (Fsp3) is 0.515. The molecule has 1 aromatic carbocycles. The van der Waals surface area contributed by atoms with Gasteiger partial charge >= 0.3 is 0 Å². The largest absolute Gasteiger partial charge is 0.468 e. The minimum atomic E-state index is -0.00729. The lowest BCUT2D eigenvalue weighted by Crippen LogP contribution is -2.49. The number of aromatic nitrogens is 1. The van der Waals surface area contributed by atoms with E-state index in [0.29, 0.717) is 26.2 Å². The minimum Gasteiger partial charge on any atom is -0.468 e. The molecule has 0 saturated carbocycles. The van der Waals surface area contributed by atoms with Crippen molar-refractivity contribution in [3.05, 3.63) is 71.7 Å². The number of carbonyl (C=O) groups is 1. The Hall–Kier alpha value is -3.48. The first-order chi connectivity index (χ1) is 21.6. The van der Waals surface area contributed by atoms with Gasteiger partial charge in [-0.1, -0.05) is 12.6 Å². The minimum absolute atomic E-state index is 0.00729. The van der Waals surface area contributed by atoms with E-state index in [2.05, 4.69) is 40.0 Å². The number of nitrogens with zero attached hydrogens (tertiary/aromatic N) is 5. The van der Waals surface area contributed by atoms with Crippen molar-refractivity contribution in [2.75, 3.05) is 92.6 Å². The maximum Gasteiger partial charge on any atom is 0.246 e. The summed E-state index contributed by atoms with van der Waals surface area (Å²) in [6.45, 7) is 13.4. The quantitative estimate of drug-likeness (QED) is 0.235. The first kappa shape index (κ1) is 30.5. The fourth-order valence-corrected chi connectivity index (χ4v) is 6.51. The SMILES string of the molecule is C=CC(=O)N1CCN(C2=CN(OCCCN3CCOCC3)CC3=C2CNC(c2cc(OCOC)cc4cccnc24)C3)CC1. The van der Waals surface area contributed by atoms with E-state index in [1.54, 1.807) is 7.11 Å². The van der Waals surface area contributed by atoms with Crippen LogP contribution in [0.25, 0.3) is 10.9 Å². The smallest absolute Gasteiger partial charge is 0.246 e. The zero-order valence-corrected chi connectivity index (χ0v) is 25.7. The Morgan fingerprint density at radius 3 is 2.82 bits per heavy atom. The maximum atomic E-state index is 12.2. The van der Waals surface area contributed by atoms with Crippen molar-refractivity contribution in [3.63, 3.8) is 0 Å². The van der Waals surface area contributed by atoms with Crippen molar-refractivity contribution in [1.82, 2.24) is 30.1 Å². The zero-order chi connectivity index (χ0) is 30.3. The molecular formula is C33H44N6O5. The predicted molar refractivity (Wildman–Crippen MR) is 168 cm³/mol. The van der Waals surface area contributed by atoms with Crippen molar-refractivity contribution in [3.8, 4) is 5.75 Å². The van der Waals surface area contributed by atoms with Gasteiger partial charge in [-0.15, -0.1) is 0 Å². The molecule has 6 rings (SSSR count). The average molecular weight is 605 g/mol. The van der Waals surface area contributed by atoms with Crippen LogP contribution in [0.4, 0.5) is 0 Å². The molecular weight excluding hydrogens is 560 g/mol. The summed E-state index contributed by atoms with van der Waals surface area (Å²) in [6.07, 6.45) is 7.21. The third-order valence-corrected chi connectivity index (χ3v) is 8.84. The molecule has 44 heavy (non-hydrogen) atoms. The summed E-state index contributed by atoms with van der Waals surface area (Å²) < 4.78 is 16.5. The van der Waals surface area contributed by atoms with E-state index in [4.69, 9.17) is 24.0 Å². The fourth-order valence-electron chi connectivity index (χ4n) is 6.51. The number of piperazine rings is 1. The molecule has 11 nitrogen and oxygen atoms in total. The van der Waals surface area contributed by atoms with Crippen LogP contribution in [0.1, 0.15) is 24.4 Å². The summed E-state index contributed by atoms with van der Waals surface area (Å²) in [6, 6.07) is 8.21.